The molecule has 0 nitrogen and oxygen atoms in total. The predicted octanol–water partition coefficient (Wildman–Crippen LogP) is 5.15. The fourth-order valence-electron chi connectivity index (χ4n) is 4.42. The van der Waals surface area contributed by atoms with Crippen LogP contribution in [-0.4, -0.2) is 0 Å². The van der Waals surface area contributed by atoms with Gasteiger partial charge in [-0.3, -0.25) is 0 Å². The molecule has 0 heterocycles. The van der Waals surface area contributed by atoms with E-state index in [1.54, 1.807) is 0 Å². The molecular weight excluding hydrogens is 264 g/mol. The smallest absolute Gasteiger partial charge is 0.0631 e. The third-order valence-corrected chi connectivity index (χ3v) is 5.97. The Morgan fingerprint density at radius 3 is 2.30 bits per heavy atom. The monoisotopic (exact) mass is 282 g/mol. The summed E-state index contributed by atoms with van der Waals surface area (Å²) < 4.78 is 0. The van der Waals surface area contributed by atoms with Crippen molar-refractivity contribution in [1.82, 2.24) is 0 Å². The van der Waals surface area contributed by atoms with E-state index in [2.05, 4.69) is 63.2 Å². The Balaban J connectivity index is 1.93. The minimum absolute atomic E-state index is 0.168. The van der Waals surface area contributed by atoms with Crippen LogP contribution in [0.5, 0.6) is 0 Å². The van der Waals surface area contributed by atoms with Gasteiger partial charge in [-0.1, -0.05) is 60.5 Å². The lowest BCUT2D eigenvalue weighted by Crippen LogP contribution is -2.11. The summed E-state index contributed by atoms with van der Waals surface area (Å²) in [6.45, 7) is 6.64. The Bertz CT molecular complexity index is 685. The van der Waals surface area contributed by atoms with Crippen LogP contribution in [0, 0.1) is 25.7 Å². The van der Waals surface area contributed by atoms with Crippen molar-refractivity contribution in [1.29, 1.82) is 0 Å². The maximum Gasteiger partial charge on any atom is 0.0631 e. The summed E-state index contributed by atoms with van der Waals surface area (Å²) >= 11 is 6.77. The quantitative estimate of drug-likeness (QED) is 0.635. The van der Waals surface area contributed by atoms with Gasteiger partial charge in [0, 0.05) is 5.41 Å². The summed E-state index contributed by atoms with van der Waals surface area (Å²) in [7, 11) is 0. The Morgan fingerprint density at radius 2 is 1.60 bits per heavy atom. The lowest BCUT2D eigenvalue weighted by atomic mass is 9.85. The largest absolute Gasteiger partial charge is 0.117 e. The van der Waals surface area contributed by atoms with E-state index in [0.717, 1.165) is 0 Å². The van der Waals surface area contributed by atoms with Crippen LogP contribution < -0.4 is 0 Å². The molecule has 1 heteroatoms. The van der Waals surface area contributed by atoms with E-state index in [1.165, 1.54) is 27.8 Å². The van der Waals surface area contributed by atoms with Crippen LogP contribution in [0.25, 0.3) is 0 Å². The highest BCUT2D eigenvalue weighted by Crippen LogP contribution is 2.74. The first kappa shape index (κ1) is 12.5. The number of benzene rings is 2. The average molecular weight is 283 g/mol. The molecule has 2 unspecified atom stereocenters. The van der Waals surface area contributed by atoms with Gasteiger partial charge >= 0.3 is 0 Å². The highest BCUT2D eigenvalue weighted by atomic mass is 35.5. The molecule has 0 spiro atoms. The van der Waals surface area contributed by atoms with E-state index in [0.29, 0.717) is 11.8 Å². The van der Waals surface area contributed by atoms with Crippen molar-refractivity contribution in [2.45, 2.75) is 31.6 Å². The summed E-state index contributed by atoms with van der Waals surface area (Å²) in [6.07, 6.45) is 0. The maximum atomic E-state index is 6.77. The van der Waals surface area contributed by atoms with E-state index in [1.807, 2.05) is 0 Å². The summed E-state index contributed by atoms with van der Waals surface area (Å²) in [5, 5.41) is 0.168. The Hall–Kier alpha value is -1.27. The van der Waals surface area contributed by atoms with E-state index in [9.17, 15) is 0 Å². The zero-order valence-electron chi connectivity index (χ0n) is 12.2. The van der Waals surface area contributed by atoms with Crippen LogP contribution in [0.4, 0.5) is 0 Å². The normalized spacial score (nSPS) is 33.7. The van der Waals surface area contributed by atoms with Gasteiger partial charge in [0.2, 0.25) is 0 Å². The van der Waals surface area contributed by atoms with Crippen molar-refractivity contribution >= 4 is 11.6 Å². The number of hydrogen-bond acceptors (Lipinski definition) is 0. The van der Waals surface area contributed by atoms with Gasteiger partial charge < -0.3 is 0 Å². The lowest BCUT2D eigenvalue weighted by Gasteiger charge is -2.19. The van der Waals surface area contributed by atoms with E-state index < -0.39 is 0 Å². The van der Waals surface area contributed by atoms with Gasteiger partial charge in [-0.15, -0.1) is 11.6 Å². The van der Waals surface area contributed by atoms with Crippen molar-refractivity contribution < 1.29 is 0 Å². The second-order valence-corrected chi connectivity index (χ2v) is 7.01. The van der Waals surface area contributed by atoms with Gasteiger partial charge in [0.1, 0.15) is 0 Å². The second kappa shape index (κ2) is 3.89. The molecule has 0 N–H and O–H groups in total. The molecule has 1 saturated carbocycles. The topological polar surface area (TPSA) is 0 Å². The Labute approximate surface area is 125 Å². The van der Waals surface area contributed by atoms with Crippen LogP contribution in [0.2, 0.25) is 0 Å². The van der Waals surface area contributed by atoms with Gasteiger partial charge in [0.15, 0.2) is 0 Å². The number of hydrogen-bond donors (Lipinski definition) is 0. The molecule has 2 aromatic carbocycles. The van der Waals surface area contributed by atoms with Crippen LogP contribution in [0.3, 0.4) is 0 Å². The standard InChI is InChI=1S/C19H19Cl/c1-11-4-7-14(8-5-11)19-13(3)17(19)18(20)15-10-12(2)6-9-16(15)19/h4-10,13,17-18H,1-3H3/t13?,17?,18-,19-/m1/s1. The van der Waals surface area contributed by atoms with Gasteiger partial charge in [-0.2, -0.15) is 0 Å². The van der Waals surface area contributed by atoms with Crippen molar-refractivity contribution in [3.8, 4) is 0 Å². The zero-order valence-corrected chi connectivity index (χ0v) is 12.9. The maximum absolute atomic E-state index is 6.77. The SMILES string of the molecule is Cc1ccc([C@]23c4ccc(C)cc4[C@@H](Cl)C2C3C)cc1. The molecule has 102 valence electrons. The molecule has 0 saturated heterocycles. The highest BCUT2D eigenvalue weighted by Gasteiger charge is 2.70. The zero-order chi connectivity index (χ0) is 14.1. The number of fused-ring (bicyclic) bond motifs is 3. The van der Waals surface area contributed by atoms with E-state index in [4.69, 9.17) is 11.6 Å². The summed E-state index contributed by atoms with van der Waals surface area (Å²) in [4.78, 5) is 0. The first-order chi connectivity index (χ1) is 9.56. The Kier molecular flexibility index (Phi) is 2.42. The lowest BCUT2D eigenvalue weighted by molar-refractivity contribution is 0.729. The van der Waals surface area contributed by atoms with Crippen LogP contribution in [-0.2, 0) is 5.41 Å². The molecule has 2 aromatic rings. The van der Waals surface area contributed by atoms with E-state index in [-0.39, 0.29) is 10.8 Å². The molecule has 0 amide bonds. The predicted molar refractivity (Wildman–Crippen MR) is 84.4 cm³/mol. The average Bonchev–Trinajstić information content (AvgIpc) is 2.95. The van der Waals surface area contributed by atoms with Crippen molar-refractivity contribution in [2.24, 2.45) is 11.8 Å². The molecule has 20 heavy (non-hydrogen) atoms. The highest BCUT2D eigenvalue weighted by molar-refractivity contribution is 6.22. The summed E-state index contributed by atoms with van der Waals surface area (Å²) in [6, 6.07) is 15.9. The van der Waals surface area contributed by atoms with E-state index >= 15 is 0 Å². The van der Waals surface area contributed by atoms with Crippen LogP contribution in [0.15, 0.2) is 42.5 Å². The third kappa shape index (κ3) is 1.33. The van der Waals surface area contributed by atoms with Gasteiger partial charge in [-0.25, -0.2) is 0 Å². The first-order valence-corrected chi connectivity index (χ1v) is 7.82. The molecule has 0 bridgehead atoms. The number of rotatable bonds is 1. The van der Waals surface area contributed by atoms with Crippen molar-refractivity contribution in [2.75, 3.05) is 0 Å². The van der Waals surface area contributed by atoms with Crippen LogP contribution in [0.1, 0.15) is 40.1 Å². The molecule has 0 aliphatic heterocycles. The summed E-state index contributed by atoms with van der Waals surface area (Å²) in [5.74, 6) is 1.20. The van der Waals surface area contributed by atoms with Gasteiger partial charge in [-0.05, 0) is 42.4 Å². The molecule has 1 fully saturated rings. The molecule has 0 aromatic heterocycles. The number of aryl methyl sites for hydroxylation is 2. The van der Waals surface area contributed by atoms with Crippen LogP contribution >= 0.6 is 11.6 Å². The molecule has 4 atom stereocenters. The molecule has 2 aliphatic rings. The second-order valence-electron chi connectivity index (χ2n) is 6.54. The Morgan fingerprint density at radius 1 is 0.950 bits per heavy atom. The molecular formula is C19H19Cl. The summed E-state index contributed by atoms with van der Waals surface area (Å²) in [5.41, 5.74) is 7.05. The minimum Gasteiger partial charge on any atom is -0.117 e. The number of alkyl halides is 1. The fraction of sp³-hybridized carbons (Fsp3) is 0.368. The van der Waals surface area contributed by atoms with Crippen molar-refractivity contribution in [3.05, 3.63) is 70.3 Å². The van der Waals surface area contributed by atoms with Crippen molar-refractivity contribution in [3.63, 3.8) is 0 Å². The third-order valence-electron chi connectivity index (χ3n) is 5.47. The number of halogens is 1. The van der Waals surface area contributed by atoms with Gasteiger partial charge in [0.05, 0.1) is 5.38 Å². The van der Waals surface area contributed by atoms with Gasteiger partial charge in [0.25, 0.3) is 0 Å². The molecule has 0 radical (unpaired) electrons. The first-order valence-electron chi connectivity index (χ1n) is 7.39. The molecule has 2 aliphatic carbocycles. The minimum atomic E-state index is 0.168. The molecule has 4 rings (SSSR count). The fourth-order valence-corrected chi connectivity index (χ4v) is 5.02.